The summed E-state index contributed by atoms with van der Waals surface area (Å²) in [6, 6.07) is 17.6. The van der Waals surface area contributed by atoms with Crippen LogP contribution in [0.25, 0.3) is 0 Å². The molecule has 0 heterocycles. The van der Waals surface area contributed by atoms with Crippen molar-refractivity contribution in [3.63, 3.8) is 0 Å². The minimum absolute atomic E-state index is 0.0805. The molecule has 0 unspecified atom stereocenters. The Balaban J connectivity index is 1.91. The number of carbonyl (C=O) groups is 1. The SMILES string of the molecule is COc1ccc(NC(=O)CN(c2ccc(Cl)cc2)S(=O)(=O)c2ccc(C)cc2)cc1OC. The predicted octanol–water partition coefficient (Wildman–Crippen LogP) is 4.50. The monoisotopic (exact) mass is 474 g/mol. The number of amides is 1. The van der Waals surface area contributed by atoms with Crippen molar-refractivity contribution < 1.29 is 22.7 Å². The van der Waals surface area contributed by atoms with Gasteiger partial charge >= 0.3 is 0 Å². The van der Waals surface area contributed by atoms with Gasteiger partial charge in [-0.25, -0.2) is 8.42 Å². The van der Waals surface area contributed by atoms with Crippen molar-refractivity contribution in [2.45, 2.75) is 11.8 Å². The van der Waals surface area contributed by atoms with E-state index in [0.717, 1.165) is 9.87 Å². The molecule has 7 nitrogen and oxygen atoms in total. The molecule has 3 aromatic carbocycles. The molecule has 0 aliphatic carbocycles. The number of aryl methyl sites for hydroxylation is 1. The largest absolute Gasteiger partial charge is 0.493 e. The Morgan fingerprint density at radius 2 is 1.56 bits per heavy atom. The average Bonchev–Trinajstić information content (AvgIpc) is 2.78. The van der Waals surface area contributed by atoms with Crippen LogP contribution in [0.4, 0.5) is 11.4 Å². The van der Waals surface area contributed by atoms with Crippen LogP contribution in [0.1, 0.15) is 5.56 Å². The minimum Gasteiger partial charge on any atom is -0.493 e. The number of sulfonamides is 1. The van der Waals surface area contributed by atoms with E-state index >= 15 is 0 Å². The lowest BCUT2D eigenvalue weighted by Crippen LogP contribution is -2.38. The van der Waals surface area contributed by atoms with Gasteiger partial charge in [-0.15, -0.1) is 0 Å². The normalized spacial score (nSPS) is 11.0. The fourth-order valence-electron chi connectivity index (χ4n) is 3.00. The smallest absolute Gasteiger partial charge is 0.264 e. The molecule has 0 saturated heterocycles. The van der Waals surface area contributed by atoms with Gasteiger partial charge in [-0.1, -0.05) is 29.3 Å². The number of rotatable bonds is 8. The van der Waals surface area contributed by atoms with E-state index in [1.807, 2.05) is 6.92 Å². The molecule has 0 spiro atoms. The first-order chi connectivity index (χ1) is 15.2. The summed E-state index contributed by atoms with van der Waals surface area (Å²) in [5.41, 5.74) is 1.68. The van der Waals surface area contributed by atoms with Crippen molar-refractivity contribution >= 4 is 38.9 Å². The maximum atomic E-state index is 13.4. The van der Waals surface area contributed by atoms with Gasteiger partial charge in [-0.3, -0.25) is 9.10 Å². The van der Waals surface area contributed by atoms with E-state index in [1.54, 1.807) is 54.6 Å². The summed E-state index contributed by atoms with van der Waals surface area (Å²) >= 11 is 5.96. The molecule has 0 aliphatic heterocycles. The quantitative estimate of drug-likeness (QED) is 0.519. The highest BCUT2D eigenvalue weighted by Gasteiger charge is 2.27. The molecule has 3 aromatic rings. The zero-order chi connectivity index (χ0) is 23.3. The summed E-state index contributed by atoms with van der Waals surface area (Å²) in [7, 11) is -1.01. The zero-order valence-corrected chi connectivity index (χ0v) is 19.4. The van der Waals surface area contributed by atoms with Gasteiger partial charge < -0.3 is 14.8 Å². The molecule has 1 N–H and O–H groups in total. The second-order valence-electron chi connectivity index (χ2n) is 6.92. The molecule has 0 aromatic heterocycles. The lowest BCUT2D eigenvalue weighted by Gasteiger charge is -2.24. The summed E-state index contributed by atoms with van der Waals surface area (Å²) in [4.78, 5) is 12.9. The van der Waals surface area contributed by atoms with Gasteiger partial charge in [0.15, 0.2) is 11.5 Å². The minimum atomic E-state index is -4.01. The van der Waals surface area contributed by atoms with Crippen LogP contribution < -0.4 is 19.1 Å². The molecule has 168 valence electrons. The number of methoxy groups -OCH3 is 2. The molecule has 9 heteroatoms. The first kappa shape index (κ1) is 23.4. The van der Waals surface area contributed by atoms with E-state index in [0.29, 0.717) is 27.9 Å². The number of benzene rings is 3. The van der Waals surface area contributed by atoms with Crippen molar-refractivity contribution in [3.8, 4) is 11.5 Å². The van der Waals surface area contributed by atoms with Crippen LogP contribution in [-0.2, 0) is 14.8 Å². The van der Waals surface area contributed by atoms with E-state index < -0.39 is 22.5 Å². The third-order valence-corrected chi connectivity index (χ3v) is 6.72. The van der Waals surface area contributed by atoms with Gasteiger partial charge in [0, 0.05) is 16.8 Å². The van der Waals surface area contributed by atoms with Crippen LogP contribution in [0.15, 0.2) is 71.6 Å². The summed E-state index contributed by atoms with van der Waals surface area (Å²) in [5, 5.41) is 3.16. The highest BCUT2D eigenvalue weighted by molar-refractivity contribution is 7.92. The van der Waals surface area contributed by atoms with Gasteiger partial charge in [0.05, 0.1) is 24.8 Å². The van der Waals surface area contributed by atoms with Crippen molar-refractivity contribution in [1.29, 1.82) is 0 Å². The maximum absolute atomic E-state index is 13.4. The third-order valence-electron chi connectivity index (χ3n) is 4.68. The molecule has 32 heavy (non-hydrogen) atoms. The molecule has 0 atom stereocenters. The van der Waals surface area contributed by atoms with Crippen LogP contribution in [0.3, 0.4) is 0 Å². The van der Waals surface area contributed by atoms with E-state index in [2.05, 4.69) is 5.32 Å². The van der Waals surface area contributed by atoms with Crippen LogP contribution in [0, 0.1) is 6.92 Å². The Morgan fingerprint density at radius 3 is 2.16 bits per heavy atom. The van der Waals surface area contributed by atoms with Gasteiger partial charge in [-0.05, 0) is 55.5 Å². The molecule has 3 rings (SSSR count). The van der Waals surface area contributed by atoms with E-state index in [1.165, 1.54) is 26.4 Å². The van der Waals surface area contributed by atoms with Crippen molar-refractivity contribution in [1.82, 2.24) is 0 Å². The number of halogens is 1. The standard InChI is InChI=1S/C23H23ClN2O5S/c1-16-4-11-20(12-5-16)32(28,29)26(19-9-6-17(24)7-10-19)15-23(27)25-18-8-13-21(30-2)22(14-18)31-3/h4-14H,15H2,1-3H3,(H,25,27). The van der Waals surface area contributed by atoms with E-state index in [9.17, 15) is 13.2 Å². The maximum Gasteiger partial charge on any atom is 0.264 e. The van der Waals surface area contributed by atoms with Crippen LogP contribution in [0.5, 0.6) is 11.5 Å². The number of ether oxygens (including phenoxy) is 2. The number of hydrogen-bond donors (Lipinski definition) is 1. The number of hydrogen-bond acceptors (Lipinski definition) is 5. The lowest BCUT2D eigenvalue weighted by atomic mass is 10.2. The summed E-state index contributed by atoms with van der Waals surface area (Å²) in [5.74, 6) is 0.422. The molecule has 0 saturated carbocycles. The molecule has 1 amide bonds. The van der Waals surface area contributed by atoms with E-state index in [-0.39, 0.29) is 4.90 Å². The van der Waals surface area contributed by atoms with Gasteiger partial charge in [0.25, 0.3) is 10.0 Å². The second kappa shape index (κ2) is 9.93. The number of nitrogens with one attached hydrogen (secondary N) is 1. The lowest BCUT2D eigenvalue weighted by molar-refractivity contribution is -0.114. The highest BCUT2D eigenvalue weighted by Crippen LogP contribution is 2.30. The number of anilines is 2. The van der Waals surface area contributed by atoms with Gasteiger partial charge in [0.2, 0.25) is 5.91 Å². The summed E-state index contributed by atoms with van der Waals surface area (Å²) < 4.78 is 38.2. The van der Waals surface area contributed by atoms with Crippen LogP contribution >= 0.6 is 11.6 Å². The Morgan fingerprint density at radius 1 is 0.938 bits per heavy atom. The number of nitrogens with zero attached hydrogens (tertiary/aromatic N) is 1. The van der Waals surface area contributed by atoms with Crippen molar-refractivity contribution in [3.05, 3.63) is 77.3 Å². The average molecular weight is 475 g/mol. The first-order valence-electron chi connectivity index (χ1n) is 9.61. The fourth-order valence-corrected chi connectivity index (χ4v) is 4.55. The number of carbonyl (C=O) groups excluding carboxylic acids is 1. The van der Waals surface area contributed by atoms with Gasteiger partial charge in [0.1, 0.15) is 6.54 Å². The van der Waals surface area contributed by atoms with E-state index in [4.69, 9.17) is 21.1 Å². The highest BCUT2D eigenvalue weighted by atomic mass is 35.5. The Bertz CT molecular complexity index is 1200. The summed E-state index contributed by atoms with van der Waals surface area (Å²) in [6.45, 7) is 1.43. The first-order valence-corrected chi connectivity index (χ1v) is 11.4. The summed E-state index contributed by atoms with van der Waals surface area (Å²) in [6.07, 6.45) is 0. The Hall–Kier alpha value is -3.23. The zero-order valence-electron chi connectivity index (χ0n) is 17.8. The molecule has 0 bridgehead atoms. The van der Waals surface area contributed by atoms with Crippen LogP contribution in [-0.4, -0.2) is 35.1 Å². The topological polar surface area (TPSA) is 84.9 Å². The predicted molar refractivity (Wildman–Crippen MR) is 125 cm³/mol. The third kappa shape index (κ3) is 5.33. The molecule has 0 aliphatic rings. The second-order valence-corrected chi connectivity index (χ2v) is 9.22. The molecular weight excluding hydrogens is 452 g/mol. The molecule has 0 fully saturated rings. The van der Waals surface area contributed by atoms with Crippen LogP contribution in [0.2, 0.25) is 5.02 Å². The van der Waals surface area contributed by atoms with Crippen molar-refractivity contribution in [2.24, 2.45) is 0 Å². The Labute approximate surface area is 192 Å². The fraction of sp³-hybridized carbons (Fsp3) is 0.174. The van der Waals surface area contributed by atoms with Gasteiger partial charge in [-0.2, -0.15) is 0 Å². The molecule has 0 radical (unpaired) electrons. The molecular formula is C23H23ClN2O5S. The van der Waals surface area contributed by atoms with Crippen molar-refractivity contribution in [2.75, 3.05) is 30.4 Å². The Kier molecular flexibility index (Phi) is 7.27.